The highest BCUT2D eigenvalue weighted by Crippen LogP contribution is 2.18. The highest BCUT2D eigenvalue weighted by atomic mass is 32.2. The van der Waals surface area contributed by atoms with E-state index < -0.39 is 0 Å². The first kappa shape index (κ1) is 8.49. The van der Waals surface area contributed by atoms with Crippen molar-refractivity contribution in [3.05, 3.63) is 23.8 Å². The van der Waals surface area contributed by atoms with Crippen LogP contribution in [-0.4, -0.2) is 16.3 Å². The molecular weight excluding hydrogens is 165 g/mol. The third-order valence-electron chi connectivity index (χ3n) is 1.27. The molecule has 0 radical (unpaired) electrons. The molecule has 0 aromatic carbocycles. The maximum atomic E-state index is 12.5. The second-order valence-corrected chi connectivity index (χ2v) is 2.81. The average molecular weight is 173 g/mol. The van der Waals surface area contributed by atoms with E-state index in [2.05, 4.69) is 4.98 Å². The average Bonchev–Trinajstić information content (AvgIpc) is 2.04. The fourth-order valence-corrected chi connectivity index (χ4v) is 1.33. The van der Waals surface area contributed by atoms with Crippen LogP contribution in [0, 0.1) is 5.82 Å². The number of halogens is 1. The van der Waals surface area contributed by atoms with Crippen LogP contribution < -0.4 is 0 Å². The number of aliphatic hydroxyl groups excluding tert-OH is 1. The van der Waals surface area contributed by atoms with Gasteiger partial charge in [-0.3, -0.25) is 4.98 Å². The Bertz CT molecular complexity index is 254. The standard InChI is InChI=1S/C7H8FNOS/c1-11-7-2-5(8)3-9-6(7)4-10/h2-3,10H,4H2,1H3. The molecule has 4 heteroatoms. The fraction of sp³-hybridized carbons (Fsp3) is 0.286. The van der Waals surface area contributed by atoms with E-state index in [4.69, 9.17) is 5.11 Å². The summed E-state index contributed by atoms with van der Waals surface area (Å²) >= 11 is 1.37. The Labute approximate surface area is 68.5 Å². The molecule has 0 atom stereocenters. The van der Waals surface area contributed by atoms with Crippen molar-refractivity contribution < 1.29 is 9.50 Å². The maximum Gasteiger partial charge on any atom is 0.142 e. The molecule has 60 valence electrons. The van der Waals surface area contributed by atoms with E-state index in [1.807, 2.05) is 6.26 Å². The quantitative estimate of drug-likeness (QED) is 0.687. The zero-order chi connectivity index (χ0) is 8.27. The van der Waals surface area contributed by atoms with E-state index in [1.165, 1.54) is 17.8 Å². The van der Waals surface area contributed by atoms with Crippen molar-refractivity contribution in [3.63, 3.8) is 0 Å². The summed E-state index contributed by atoms with van der Waals surface area (Å²) in [6.07, 6.45) is 2.92. The lowest BCUT2D eigenvalue weighted by Gasteiger charge is -2.01. The number of hydrogen-bond donors (Lipinski definition) is 1. The van der Waals surface area contributed by atoms with Crippen molar-refractivity contribution in [2.75, 3.05) is 6.26 Å². The minimum absolute atomic E-state index is 0.142. The largest absolute Gasteiger partial charge is 0.390 e. The molecule has 2 nitrogen and oxygen atoms in total. The molecule has 0 aliphatic heterocycles. The molecule has 1 heterocycles. The molecule has 1 N–H and O–H groups in total. The molecule has 0 amide bonds. The van der Waals surface area contributed by atoms with Gasteiger partial charge in [-0.25, -0.2) is 4.39 Å². The Morgan fingerprint density at radius 1 is 1.73 bits per heavy atom. The van der Waals surface area contributed by atoms with Gasteiger partial charge in [0.05, 0.1) is 18.5 Å². The molecule has 0 aliphatic rings. The normalized spacial score (nSPS) is 10.1. The Balaban J connectivity index is 3.06. The van der Waals surface area contributed by atoms with Gasteiger partial charge in [-0.2, -0.15) is 0 Å². The summed E-state index contributed by atoms with van der Waals surface area (Å²) in [4.78, 5) is 4.41. The molecule has 0 spiro atoms. The summed E-state index contributed by atoms with van der Waals surface area (Å²) in [5.74, 6) is -0.369. The SMILES string of the molecule is CSc1cc(F)cnc1CO. The zero-order valence-corrected chi connectivity index (χ0v) is 6.86. The molecule has 0 bridgehead atoms. The van der Waals surface area contributed by atoms with Crippen molar-refractivity contribution in [2.45, 2.75) is 11.5 Å². The van der Waals surface area contributed by atoms with Gasteiger partial charge >= 0.3 is 0 Å². The Kier molecular flexibility index (Phi) is 2.84. The third-order valence-corrected chi connectivity index (χ3v) is 2.06. The van der Waals surface area contributed by atoms with Gasteiger partial charge < -0.3 is 5.11 Å². The second kappa shape index (κ2) is 3.69. The lowest BCUT2D eigenvalue weighted by molar-refractivity contribution is 0.273. The van der Waals surface area contributed by atoms with Crippen LogP contribution in [-0.2, 0) is 6.61 Å². The lowest BCUT2D eigenvalue weighted by Crippen LogP contribution is -1.92. The van der Waals surface area contributed by atoms with Crippen molar-refractivity contribution in [1.29, 1.82) is 0 Å². The third kappa shape index (κ3) is 1.91. The van der Waals surface area contributed by atoms with Gasteiger partial charge in [0.2, 0.25) is 0 Å². The van der Waals surface area contributed by atoms with E-state index >= 15 is 0 Å². The number of pyridine rings is 1. The molecule has 0 saturated heterocycles. The summed E-state index contributed by atoms with van der Waals surface area (Å²) in [7, 11) is 0. The van der Waals surface area contributed by atoms with Crippen molar-refractivity contribution >= 4 is 11.8 Å². The van der Waals surface area contributed by atoms with Crippen molar-refractivity contribution in [3.8, 4) is 0 Å². The highest BCUT2D eigenvalue weighted by molar-refractivity contribution is 7.98. The summed E-state index contributed by atoms with van der Waals surface area (Å²) in [5, 5.41) is 8.74. The van der Waals surface area contributed by atoms with Gasteiger partial charge in [0.15, 0.2) is 0 Å². The number of nitrogens with zero attached hydrogens (tertiary/aromatic N) is 1. The van der Waals surface area contributed by atoms with Crippen LogP contribution in [0.1, 0.15) is 5.69 Å². The van der Waals surface area contributed by atoms with E-state index in [0.717, 1.165) is 6.20 Å². The Hall–Kier alpha value is -0.610. The first-order valence-corrected chi connectivity index (χ1v) is 4.29. The minimum Gasteiger partial charge on any atom is -0.390 e. The van der Waals surface area contributed by atoms with Crippen LogP contribution in [0.25, 0.3) is 0 Å². The summed E-state index contributed by atoms with van der Waals surface area (Å²) < 4.78 is 12.5. The summed E-state index contributed by atoms with van der Waals surface area (Å²) in [5.41, 5.74) is 0.527. The van der Waals surface area contributed by atoms with Crippen LogP contribution >= 0.6 is 11.8 Å². The van der Waals surface area contributed by atoms with Crippen molar-refractivity contribution in [1.82, 2.24) is 4.98 Å². The van der Waals surface area contributed by atoms with Crippen LogP contribution in [0.15, 0.2) is 17.2 Å². The molecule has 0 aliphatic carbocycles. The van der Waals surface area contributed by atoms with Gasteiger partial charge in [-0.1, -0.05) is 0 Å². The predicted octanol–water partition coefficient (Wildman–Crippen LogP) is 1.43. The van der Waals surface area contributed by atoms with E-state index in [-0.39, 0.29) is 12.4 Å². The monoisotopic (exact) mass is 173 g/mol. The van der Waals surface area contributed by atoms with E-state index in [0.29, 0.717) is 10.6 Å². The van der Waals surface area contributed by atoms with Crippen LogP contribution in [0.3, 0.4) is 0 Å². The van der Waals surface area contributed by atoms with Gasteiger partial charge in [0.1, 0.15) is 5.82 Å². The fourth-order valence-electron chi connectivity index (χ4n) is 0.744. The van der Waals surface area contributed by atoms with Gasteiger partial charge in [-0.05, 0) is 12.3 Å². The first-order chi connectivity index (χ1) is 5.27. The van der Waals surface area contributed by atoms with Crippen molar-refractivity contribution in [2.24, 2.45) is 0 Å². The first-order valence-electron chi connectivity index (χ1n) is 3.07. The van der Waals surface area contributed by atoms with Crippen LogP contribution in [0.5, 0.6) is 0 Å². The molecule has 1 aromatic heterocycles. The molecule has 1 rings (SSSR count). The topological polar surface area (TPSA) is 33.1 Å². The molecular formula is C7H8FNOS. The smallest absolute Gasteiger partial charge is 0.142 e. The molecule has 11 heavy (non-hydrogen) atoms. The zero-order valence-electron chi connectivity index (χ0n) is 6.04. The second-order valence-electron chi connectivity index (χ2n) is 1.96. The molecule has 0 saturated carbocycles. The number of aromatic nitrogens is 1. The molecule has 1 aromatic rings. The van der Waals surface area contributed by atoms with E-state index in [9.17, 15) is 4.39 Å². The number of thioether (sulfide) groups is 1. The van der Waals surface area contributed by atoms with Crippen LogP contribution in [0.2, 0.25) is 0 Å². The van der Waals surface area contributed by atoms with Crippen LogP contribution in [0.4, 0.5) is 4.39 Å². The molecule has 0 fully saturated rings. The van der Waals surface area contributed by atoms with E-state index in [1.54, 1.807) is 0 Å². The van der Waals surface area contributed by atoms with Gasteiger partial charge in [-0.15, -0.1) is 11.8 Å². The van der Waals surface area contributed by atoms with Gasteiger partial charge in [0, 0.05) is 4.90 Å². The summed E-state index contributed by atoms with van der Waals surface area (Å²) in [6, 6.07) is 1.36. The summed E-state index contributed by atoms with van der Waals surface area (Å²) in [6.45, 7) is -0.142. The number of hydrogen-bond acceptors (Lipinski definition) is 3. The lowest BCUT2D eigenvalue weighted by atomic mass is 10.3. The molecule has 0 unspecified atom stereocenters. The maximum absolute atomic E-state index is 12.5. The number of aliphatic hydroxyl groups is 1. The number of rotatable bonds is 2. The van der Waals surface area contributed by atoms with Gasteiger partial charge in [0.25, 0.3) is 0 Å². The Morgan fingerprint density at radius 2 is 2.45 bits per heavy atom. The Morgan fingerprint density at radius 3 is 3.00 bits per heavy atom. The highest BCUT2D eigenvalue weighted by Gasteiger charge is 2.02. The minimum atomic E-state index is -0.369. The predicted molar refractivity (Wildman–Crippen MR) is 41.9 cm³/mol.